The smallest absolute Gasteiger partial charge is 0.336 e. The number of nitrogens with zero attached hydrogens (tertiary/aromatic N) is 3. The molecule has 100 valence electrons. The van der Waals surface area contributed by atoms with E-state index in [-0.39, 0.29) is 5.56 Å². The van der Waals surface area contributed by atoms with E-state index in [2.05, 4.69) is 26.0 Å². The number of carboxylic acid groups (broad SMARTS) is 1. The lowest BCUT2D eigenvalue weighted by Crippen LogP contribution is -2.04. The Morgan fingerprint density at radius 2 is 2.11 bits per heavy atom. The maximum atomic E-state index is 11.0. The highest BCUT2D eigenvalue weighted by Crippen LogP contribution is 2.21. The summed E-state index contributed by atoms with van der Waals surface area (Å²) in [5.74, 6) is 0.698. The van der Waals surface area contributed by atoms with E-state index in [1.54, 1.807) is 22.9 Å². The molecule has 0 spiro atoms. The molecule has 5 nitrogen and oxygen atoms in total. The summed E-state index contributed by atoms with van der Waals surface area (Å²) >= 11 is 3.27. The van der Waals surface area contributed by atoms with Gasteiger partial charge < -0.3 is 5.11 Å². The van der Waals surface area contributed by atoms with Crippen molar-refractivity contribution in [2.45, 2.75) is 26.7 Å². The van der Waals surface area contributed by atoms with Gasteiger partial charge in [0.2, 0.25) is 0 Å². The van der Waals surface area contributed by atoms with E-state index in [0.717, 1.165) is 30.2 Å². The molecule has 0 atom stereocenters. The standard InChI is InChI=1S/C13H14BrN3O2/c1-3-11-15-12(4-2)17(16-11)8-5-6-9(13(18)19)10(14)7-8/h5-7H,3-4H2,1-2H3,(H,18,19). The van der Waals surface area contributed by atoms with Crippen LogP contribution in [0, 0.1) is 0 Å². The van der Waals surface area contributed by atoms with Crippen molar-refractivity contribution in [1.29, 1.82) is 0 Å². The van der Waals surface area contributed by atoms with Crippen LogP contribution in [0.4, 0.5) is 0 Å². The minimum atomic E-state index is -0.957. The topological polar surface area (TPSA) is 68.0 Å². The second kappa shape index (κ2) is 5.52. The third-order valence-electron chi connectivity index (χ3n) is 2.78. The van der Waals surface area contributed by atoms with Crippen molar-refractivity contribution in [3.8, 4) is 5.69 Å². The van der Waals surface area contributed by atoms with Crippen LogP contribution in [0.5, 0.6) is 0 Å². The molecule has 1 aromatic heterocycles. The zero-order valence-electron chi connectivity index (χ0n) is 10.7. The Hall–Kier alpha value is -1.69. The number of hydrogen-bond donors (Lipinski definition) is 1. The summed E-state index contributed by atoms with van der Waals surface area (Å²) < 4.78 is 2.29. The first-order valence-corrected chi connectivity index (χ1v) is 6.84. The highest BCUT2D eigenvalue weighted by atomic mass is 79.9. The third kappa shape index (κ3) is 2.68. The molecule has 1 aromatic carbocycles. The molecular weight excluding hydrogens is 310 g/mol. The van der Waals surface area contributed by atoms with Crippen LogP contribution in [-0.4, -0.2) is 25.8 Å². The molecule has 0 saturated carbocycles. The van der Waals surface area contributed by atoms with Gasteiger partial charge in [-0.3, -0.25) is 0 Å². The van der Waals surface area contributed by atoms with Gasteiger partial charge in [0.1, 0.15) is 5.82 Å². The van der Waals surface area contributed by atoms with E-state index >= 15 is 0 Å². The van der Waals surface area contributed by atoms with E-state index in [4.69, 9.17) is 5.11 Å². The van der Waals surface area contributed by atoms with Crippen molar-refractivity contribution >= 4 is 21.9 Å². The molecule has 6 heteroatoms. The van der Waals surface area contributed by atoms with E-state index in [1.165, 1.54) is 0 Å². The van der Waals surface area contributed by atoms with Crippen molar-refractivity contribution in [2.75, 3.05) is 0 Å². The molecule has 19 heavy (non-hydrogen) atoms. The quantitative estimate of drug-likeness (QED) is 0.939. The maximum Gasteiger partial charge on any atom is 0.336 e. The van der Waals surface area contributed by atoms with Gasteiger partial charge in [-0.15, -0.1) is 0 Å². The molecule has 0 aliphatic carbocycles. The molecule has 0 unspecified atom stereocenters. The minimum absolute atomic E-state index is 0.234. The minimum Gasteiger partial charge on any atom is -0.478 e. The maximum absolute atomic E-state index is 11.0. The first-order valence-electron chi connectivity index (χ1n) is 6.04. The van der Waals surface area contributed by atoms with Gasteiger partial charge in [-0.25, -0.2) is 14.5 Å². The molecule has 0 aliphatic rings. The predicted octanol–water partition coefficient (Wildman–Crippen LogP) is 2.85. The van der Waals surface area contributed by atoms with Gasteiger partial charge in [0, 0.05) is 17.3 Å². The van der Waals surface area contributed by atoms with Crippen molar-refractivity contribution in [3.63, 3.8) is 0 Å². The third-order valence-corrected chi connectivity index (χ3v) is 3.43. The van der Waals surface area contributed by atoms with Crippen LogP contribution >= 0.6 is 15.9 Å². The van der Waals surface area contributed by atoms with Gasteiger partial charge in [-0.05, 0) is 34.1 Å². The summed E-state index contributed by atoms with van der Waals surface area (Å²) in [5.41, 5.74) is 1.04. The van der Waals surface area contributed by atoms with Gasteiger partial charge in [0.15, 0.2) is 5.82 Å². The Labute approximate surface area is 119 Å². The van der Waals surface area contributed by atoms with Gasteiger partial charge >= 0.3 is 5.97 Å². The number of aromatic nitrogens is 3. The van der Waals surface area contributed by atoms with E-state index in [0.29, 0.717) is 4.47 Å². The molecule has 0 saturated heterocycles. The van der Waals surface area contributed by atoms with Crippen molar-refractivity contribution < 1.29 is 9.90 Å². The monoisotopic (exact) mass is 323 g/mol. The molecule has 1 N–H and O–H groups in total. The van der Waals surface area contributed by atoms with Crippen LogP contribution in [0.3, 0.4) is 0 Å². The second-order valence-corrected chi connectivity index (χ2v) is 4.89. The van der Waals surface area contributed by atoms with Gasteiger partial charge in [-0.2, -0.15) is 5.10 Å². The number of aryl methyl sites for hydroxylation is 2. The lowest BCUT2D eigenvalue weighted by Gasteiger charge is -2.06. The first kappa shape index (κ1) is 13.7. The van der Waals surface area contributed by atoms with Crippen molar-refractivity contribution in [1.82, 2.24) is 14.8 Å². The molecule has 0 radical (unpaired) electrons. The van der Waals surface area contributed by atoms with Crippen LogP contribution in [-0.2, 0) is 12.8 Å². The zero-order valence-corrected chi connectivity index (χ0v) is 12.3. The summed E-state index contributed by atoms with van der Waals surface area (Å²) in [4.78, 5) is 15.4. The molecular formula is C13H14BrN3O2. The highest BCUT2D eigenvalue weighted by molar-refractivity contribution is 9.10. The average molecular weight is 324 g/mol. The number of hydrogen-bond acceptors (Lipinski definition) is 3. The largest absolute Gasteiger partial charge is 0.478 e. The fraction of sp³-hybridized carbons (Fsp3) is 0.308. The number of benzene rings is 1. The summed E-state index contributed by atoms with van der Waals surface area (Å²) in [6.07, 6.45) is 1.54. The average Bonchev–Trinajstić information content (AvgIpc) is 2.81. The number of aromatic carboxylic acids is 1. The van der Waals surface area contributed by atoms with E-state index in [1.807, 2.05) is 13.8 Å². The summed E-state index contributed by atoms with van der Waals surface area (Å²) in [6, 6.07) is 5.05. The van der Waals surface area contributed by atoms with Crippen LogP contribution in [0.1, 0.15) is 35.9 Å². The van der Waals surface area contributed by atoms with Crippen LogP contribution in [0.2, 0.25) is 0 Å². The van der Waals surface area contributed by atoms with E-state index < -0.39 is 5.97 Å². The predicted molar refractivity (Wildman–Crippen MR) is 74.8 cm³/mol. The normalized spacial score (nSPS) is 10.7. The van der Waals surface area contributed by atoms with Crippen LogP contribution in [0.15, 0.2) is 22.7 Å². The summed E-state index contributed by atoms with van der Waals surface area (Å²) in [5, 5.41) is 13.4. The fourth-order valence-corrected chi connectivity index (χ4v) is 2.32. The fourth-order valence-electron chi connectivity index (χ4n) is 1.79. The lowest BCUT2D eigenvalue weighted by atomic mass is 10.2. The molecule has 0 aliphatic heterocycles. The molecule has 2 rings (SSSR count). The number of carboxylic acids is 1. The Balaban J connectivity index is 2.50. The van der Waals surface area contributed by atoms with Gasteiger partial charge in [0.05, 0.1) is 11.3 Å². The van der Waals surface area contributed by atoms with E-state index in [9.17, 15) is 4.79 Å². The van der Waals surface area contributed by atoms with Gasteiger partial charge in [-0.1, -0.05) is 13.8 Å². The Kier molecular flexibility index (Phi) is 3.99. The molecule has 1 heterocycles. The highest BCUT2D eigenvalue weighted by Gasteiger charge is 2.13. The first-order chi connectivity index (χ1) is 9.06. The molecule has 0 amide bonds. The van der Waals surface area contributed by atoms with Crippen LogP contribution in [0.25, 0.3) is 5.69 Å². The molecule has 2 aromatic rings. The SMILES string of the molecule is CCc1nc(CC)n(-c2ccc(C(=O)O)c(Br)c2)n1. The number of rotatable bonds is 4. The van der Waals surface area contributed by atoms with Crippen molar-refractivity contribution in [3.05, 3.63) is 39.9 Å². The Bertz CT molecular complexity index is 622. The molecule has 0 fully saturated rings. The van der Waals surface area contributed by atoms with Gasteiger partial charge in [0.25, 0.3) is 0 Å². The summed E-state index contributed by atoms with van der Waals surface area (Å²) in [6.45, 7) is 4.02. The Morgan fingerprint density at radius 1 is 1.37 bits per heavy atom. The lowest BCUT2D eigenvalue weighted by molar-refractivity contribution is 0.0696. The van der Waals surface area contributed by atoms with Crippen molar-refractivity contribution in [2.24, 2.45) is 0 Å². The van der Waals surface area contributed by atoms with Crippen LogP contribution < -0.4 is 0 Å². The molecule has 0 bridgehead atoms. The zero-order chi connectivity index (χ0) is 14.0. The number of halogens is 1. The summed E-state index contributed by atoms with van der Waals surface area (Å²) in [7, 11) is 0. The second-order valence-electron chi connectivity index (χ2n) is 4.03. The Morgan fingerprint density at radius 3 is 2.63 bits per heavy atom. The number of carbonyl (C=O) groups is 1.